The van der Waals surface area contributed by atoms with Gasteiger partial charge in [-0.3, -0.25) is 0 Å². The zero-order chi connectivity index (χ0) is 14.1. The highest BCUT2D eigenvalue weighted by Crippen LogP contribution is 2.20. The van der Waals surface area contributed by atoms with Crippen molar-refractivity contribution in [3.05, 3.63) is 29.8 Å². The Morgan fingerprint density at radius 3 is 2.37 bits per heavy atom. The first-order valence-corrected chi connectivity index (χ1v) is 7.28. The molecule has 0 spiro atoms. The minimum Gasteiger partial charge on any atom is -0.494 e. The Labute approximate surface area is 118 Å². The molecular formula is C16H28N2O. The molecule has 0 saturated heterocycles. The number of rotatable bonds is 9. The summed E-state index contributed by atoms with van der Waals surface area (Å²) in [7, 11) is 4.17. The van der Waals surface area contributed by atoms with E-state index in [9.17, 15) is 0 Å². The van der Waals surface area contributed by atoms with E-state index in [1.54, 1.807) is 0 Å². The van der Waals surface area contributed by atoms with Gasteiger partial charge in [-0.05, 0) is 51.2 Å². The van der Waals surface area contributed by atoms with Crippen molar-refractivity contribution in [1.82, 2.24) is 10.2 Å². The van der Waals surface area contributed by atoms with Crippen molar-refractivity contribution in [1.29, 1.82) is 0 Å². The zero-order valence-corrected chi connectivity index (χ0v) is 12.8. The van der Waals surface area contributed by atoms with E-state index < -0.39 is 0 Å². The van der Waals surface area contributed by atoms with Gasteiger partial charge in [-0.25, -0.2) is 0 Å². The number of benzene rings is 1. The third-order valence-electron chi connectivity index (χ3n) is 3.16. The minimum atomic E-state index is 0.452. The predicted octanol–water partition coefficient (Wildman–Crippen LogP) is 3.08. The molecule has 0 aliphatic heterocycles. The van der Waals surface area contributed by atoms with Crippen LogP contribution in [0.25, 0.3) is 0 Å². The van der Waals surface area contributed by atoms with Crippen LogP contribution in [0.1, 0.15) is 38.3 Å². The first-order chi connectivity index (χ1) is 9.17. The lowest BCUT2D eigenvalue weighted by atomic mass is 10.0. The molecule has 1 atom stereocenters. The van der Waals surface area contributed by atoms with Crippen molar-refractivity contribution in [2.45, 2.75) is 32.7 Å². The van der Waals surface area contributed by atoms with Crippen LogP contribution in [0.4, 0.5) is 0 Å². The molecule has 3 heteroatoms. The molecule has 1 N–H and O–H groups in total. The summed E-state index contributed by atoms with van der Waals surface area (Å²) in [5.41, 5.74) is 1.34. The number of hydrogen-bond donors (Lipinski definition) is 1. The lowest BCUT2D eigenvalue weighted by Crippen LogP contribution is -2.19. The first kappa shape index (κ1) is 16.0. The highest BCUT2D eigenvalue weighted by molar-refractivity contribution is 5.29. The smallest absolute Gasteiger partial charge is 0.119 e. The maximum Gasteiger partial charge on any atom is 0.119 e. The topological polar surface area (TPSA) is 24.5 Å². The standard InChI is InChI=1S/C16H28N2O/c1-5-16(17-6-2)14-8-10-15(11-9-14)19-13-7-12-18(3)4/h8-11,16-17H,5-7,12-13H2,1-4H3. The summed E-state index contributed by atoms with van der Waals surface area (Å²) in [4.78, 5) is 2.18. The summed E-state index contributed by atoms with van der Waals surface area (Å²) in [5, 5.41) is 3.49. The van der Waals surface area contributed by atoms with Gasteiger partial charge in [0.2, 0.25) is 0 Å². The van der Waals surface area contributed by atoms with Crippen LogP contribution >= 0.6 is 0 Å². The predicted molar refractivity (Wildman–Crippen MR) is 81.8 cm³/mol. The lowest BCUT2D eigenvalue weighted by molar-refractivity contribution is 0.281. The molecule has 19 heavy (non-hydrogen) atoms. The van der Waals surface area contributed by atoms with E-state index >= 15 is 0 Å². The van der Waals surface area contributed by atoms with Gasteiger partial charge in [0.05, 0.1) is 6.61 Å². The van der Waals surface area contributed by atoms with E-state index in [4.69, 9.17) is 4.74 Å². The Morgan fingerprint density at radius 1 is 1.16 bits per heavy atom. The fourth-order valence-electron chi connectivity index (χ4n) is 2.11. The average molecular weight is 264 g/mol. The van der Waals surface area contributed by atoms with Crippen LogP contribution < -0.4 is 10.1 Å². The van der Waals surface area contributed by atoms with Gasteiger partial charge in [0.25, 0.3) is 0 Å². The zero-order valence-electron chi connectivity index (χ0n) is 12.8. The molecule has 0 radical (unpaired) electrons. The summed E-state index contributed by atoms with van der Waals surface area (Å²) >= 11 is 0. The molecule has 0 bridgehead atoms. The third-order valence-corrected chi connectivity index (χ3v) is 3.16. The van der Waals surface area contributed by atoms with E-state index in [-0.39, 0.29) is 0 Å². The number of nitrogens with zero attached hydrogens (tertiary/aromatic N) is 1. The number of nitrogens with one attached hydrogen (secondary N) is 1. The van der Waals surface area contributed by atoms with Crippen molar-refractivity contribution >= 4 is 0 Å². The molecule has 0 amide bonds. The van der Waals surface area contributed by atoms with E-state index in [0.717, 1.165) is 38.3 Å². The van der Waals surface area contributed by atoms with Crippen molar-refractivity contribution in [2.24, 2.45) is 0 Å². The second-order valence-electron chi connectivity index (χ2n) is 5.09. The van der Waals surface area contributed by atoms with Crippen LogP contribution in [0.5, 0.6) is 5.75 Å². The molecular weight excluding hydrogens is 236 g/mol. The Bertz CT molecular complexity index is 335. The van der Waals surface area contributed by atoms with Gasteiger partial charge in [-0.1, -0.05) is 26.0 Å². The molecule has 108 valence electrons. The first-order valence-electron chi connectivity index (χ1n) is 7.28. The van der Waals surface area contributed by atoms with Crippen molar-refractivity contribution < 1.29 is 4.74 Å². The maximum atomic E-state index is 5.74. The number of hydrogen-bond acceptors (Lipinski definition) is 3. The largest absolute Gasteiger partial charge is 0.494 e. The van der Waals surface area contributed by atoms with Gasteiger partial charge in [0, 0.05) is 12.6 Å². The van der Waals surface area contributed by atoms with Crippen molar-refractivity contribution in [2.75, 3.05) is 33.8 Å². The molecule has 0 saturated carbocycles. The second kappa shape index (κ2) is 8.94. The van der Waals surface area contributed by atoms with Gasteiger partial charge in [0.15, 0.2) is 0 Å². The normalized spacial score (nSPS) is 12.7. The van der Waals surface area contributed by atoms with Gasteiger partial charge in [-0.15, -0.1) is 0 Å². The van der Waals surface area contributed by atoms with E-state index in [2.05, 4.69) is 62.4 Å². The van der Waals surface area contributed by atoms with Crippen molar-refractivity contribution in [3.63, 3.8) is 0 Å². The highest BCUT2D eigenvalue weighted by Gasteiger charge is 2.07. The van der Waals surface area contributed by atoms with E-state index in [0.29, 0.717) is 6.04 Å². The summed E-state index contributed by atoms with van der Waals surface area (Å²) in [6.45, 7) is 7.20. The quantitative estimate of drug-likeness (QED) is 0.694. The van der Waals surface area contributed by atoms with Crippen LogP contribution in [0.15, 0.2) is 24.3 Å². The monoisotopic (exact) mass is 264 g/mol. The SMILES string of the molecule is CCNC(CC)c1ccc(OCCCN(C)C)cc1. The van der Waals surface area contributed by atoms with Crippen LogP contribution in [0.3, 0.4) is 0 Å². The average Bonchev–Trinajstić information content (AvgIpc) is 2.41. The Balaban J connectivity index is 2.42. The molecule has 0 aliphatic carbocycles. The summed E-state index contributed by atoms with van der Waals surface area (Å²) in [6, 6.07) is 8.93. The molecule has 0 aromatic heterocycles. The second-order valence-corrected chi connectivity index (χ2v) is 5.09. The minimum absolute atomic E-state index is 0.452. The molecule has 3 nitrogen and oxygen atoms in total. The number of ether oxygens (including phenoxy) is 1. The third kappa shape index (κ3) is 6.08. The maximum absolute atomic E-state index is 5.74. The molecule has 1 rings (SSSR count). The summed E-state index contributed by atoms with van der Waals surface area (Å²) in [6.07, 6.45) is 2.17. The van der Waals surface area contributed by atoms with E-state index in [1.807, 2.05) is 0 Å². The molecule has 1 aromatic rings. The fourth-order valence-corrected chi connectivity index (χ4v) is 2.11. The molecule has 0 aliphatic rings. The summed E-state index contributed by atoms with van der Waals surface area (Å²) < 4.78 is 5.74. The molecule has 0 fully saturated rings. The fraction of sp³-hybridized carbons (Fsp3) is 0.625. The van der Waals surface area contributed by atoms with Gasteiger partial charge >= 0.3 is 0 Å². The Morgan fingerprint density at radius 2 is 1.84 bits per heavy atom. The Hall–Kier alpha value is -1.06. The summed E-state index contributed by atoms with van der Waals surface area (Å²) in [5.74, 6) is 0.967. The van der Waals surface area contributed by atoms with Crippen molar-refractivity contribution in [3.8, 4) is 5.75 Å². The van der Waals surface area contributed by atoms with Gasteiger partial charge in [0.1, 0.15) is 5.75 Å². The van der Waals surface area contributed by atoms with Crippen LogP contribution in [0, 0.1) is 0 Å². The molecule has 1 unspecified atom stereocenters. The van der Waals surface area contributed by atoms with Crippen LogP contribution in [0.2, 0.25) is 0 Å². The Kier molecular flexibility index (Phi) is 7.53. The van der Waals surface area contributed by atoms with Gasteiger partial charge in [-0.2, -0.15) is 0 Å². The lowest BCUT2D eigenvalue weighted by Gasteiger charge is -2.16. The van der Waals surface area contributed by atoms with Gasteiger partial charge < -0.3 is 15.0 Å². The van der Waals surface area contributed by atoms with Crippen LogP contribution in [-0.2, 0) is 0 Å². The van der Waals surface area contributed by atoms with E-state index in [1.165, 1.54) is 5.56 Å². The van der Waals surface area contributed by atoms with Crippen LogP contribution in [-0.4, -0.2) is 38.7 Å². The highest BCUT2D eigenvalue weighted by atomic mass is 16.5. The molecule has 1 aromatic carbocycles. The molecule has 0 heterocycles.